The van der Waals surface area contributed by atoms with E-state index in [-0.39, 0.29) is 17.8 Å². The Hall–Kier alpha value is -3.98. The second-order valence-electron chi connectivity index (χ2n) is 7.86. The summed E-state index contributed by atoms with van der Waals surface area (Å²) in [6, 6.07) is 24.8. The van der Waals surface area contributed by atoms with Crippen LogP contribution in [0.5, 0.6) is 17.2 Å². The average Bonchev–Trinajstić information content (AvgIpc) is 3.36. The van der Waals surface area contributed by atoms with Crippen molar-refractivity contribution in [3.05, 3.63) is 90.3 Å². The predicted molar refractivity (Wildman–Crippen MR) is 139 cm³/mol. The van der Waals surface area contributed by atoms with E-state index in [1.807, 2.05) is 90.4 Å². The van der Waals surface area contributed by atoms with Gasteiger partial charge < -0.3 is 19.5 Å². The molecular weight excluding hydrogens is 476 g/mol. The lowest BCUT2D eigenvalue weighted by Gasteiger charge is -2.17. The van der Waals surface area contributed by atoms with Crippen LogP contribution < -0.4 is 19.5 Å². The molecule has 1 unspecified atom stereocenters. The van der Waals surface area contributed by atoms with E-state index in [9.17, 15) is 4.79 Å². The SMILES string of the molecule is COc1ccc(CNC(=O)CSc2nnc(C(C)Oc3ccc(OC)cc3)n2-c2ccccc2)cc1. The maximum absolute atomic E-state index is 12.5. The number of carbonyl (C=O) groups is 1. The van der Waals surface area contributed by atoms with E-state index in [2.05, 4.69) is 15.5 Å². The zero-order valence-corrected chi connectivity index (χ0v) is 21.2. The number of hydrogen-bond acceptors (Lipinski definition) is 7. The van der Waals surface area contributed by atoms with E-state index < -0.39 is 0 Å². The number of rotatable bonds is 11. The Morgan fingerprint density at radius 1 is 0.889 bits per heavy atom. The molecule has 0 saturated heterocycles. The van der Waals surface area contributed by atoms with Crippen LogP contribution in [0.25, 0.3) is 5.69 Å². The number of para-hydroxylation sites is 1. The number of aromatic nitrogens is 3. The molecule has 0 aliphatic heterocycles. The quantitative estimate of drug-likeness (QED) is 0.293. The minimum absolute atomic E-state index is 0.0949. The number of benzene rings is 3. The maximum atomic E-state index is 12.5. The van der Waals surface area contributed by atoms with Gasteiger partial charge in [0.05, 0.1) is 20.0 Å². The van der Waals surface area contributed by atoms with Crippen LogP contribution in [0, 0.1) is 0 Å². The molecule has 1 aromatic heterocycles. The van der Waals surface area contributed by atoms with Crippen LogP contribution in [0.3, 0.4) is 0 Å². The fraction of sp³-hybridized carbons (Fsp3) is 0.222. The van der Waals surface area contributed by atoms with E-state index in [1.54, 1.807) is 14.2 Å². The number of nitrogens with one attached hydrogen (secondary N) is 1. The minimum atomic E-state index is -0.385. The minimum Gasteiger partial charge on any atom is -0.497 e. The lowest BCUT2D eigenvalue weighted by atomic mass is 10.2. The second-order valence-corrected chi connectivity index (χ2v) is 8.80. The Morgan fingerprint density at radius 3 is 2.14 bits per heavy atom. The average molecular weight is 505 g/mol. The van der Waals surface area contributed by atoms with Crippen LogP contribution in [0.1, 0.15) is 24.4 Å². The summed E-state index contributed by atoms with van der Waals surface area (Å²) in [4.78, 5) is 12.5. The first-order valence-corrected chi connectivity index (χ1v) is 12.4. The summed E-state index contributed by atoms with van der Waals surface area (Å²) in [6.45, 7) is 2.36. The van der Waals surface area contributed by atoms with Gasteiger partial charge in [-0.05, 0) is 61.0 Å². The third-order valence-electron chi connectivity index (χ3n) is 5.39. The van der Waals surface area contributed by atoms with E-state index in [0.29, 0.717) is 23.3 Å². The molecule has 186 valence electrons. The smallest absolute Gasteiger partial charge is 0.230 e. The van der Waals surface area contributed by atoms with Gasteiger partial charge in [0, 0.05) is 12.2 Å². The first kappa shape index (κ1) is 25.1. The highest BCUT2D eigenvalue weighted by Crippen LogP contribution is 2.28. The van der Waals surface area contributed by atoms with Crippen LogP contribution >= 0.6 is 11.8 Å². The fourth-order valence-electron chi connectivity index (χ4n) is 3.49. The third-order valence-corrected chi connectivity index (χ3v) is 6.32. The van der Waals surface area contributed by atoms with Crippen molar-refractivity contribution in [1.82, 2.24) is 20.1 Å². The van der Waals surface area contributed by atoms with Gasteiger partial charge in [0.25, 0.3) is 0 Å². The highest BCUT2D eigenvalue weighted by Gasteiger charge is 2.21. The van der Waals surface area contributed by atoms with Gasteiger partial charge in [0.1, 0.15) is 17.2 Å². The largest absolute Gasteiger partial charge is 0.497 e. The molecule has 0 fully saturated rings. The molecule has 1 atom stereocenters. The highest BCUT2D eigenvalue weighted by atomic mass is 32.2. The molecule has 8 nitrogen and oxygen atoms in total. The Morgan fingerprint density at radius 2 is 1.50 bits per heavy atom. The van der Waals surface area contributed by atoms with Gasteiger partial charge in [-0.1, -0.05) is 42.1 Å². The number of amides is 1. The van der Waals surface area contributed by atoms with Crippen molar-refractivity contribution in [2.24, 2.45) is 0 Å². The zero-order valence-electron chi connectivity index (χ0n) is 20.4. The Labute approximate surface area is 214 Å². The van der Waals surface area contributed by atoms with Gasteiger partial charge in [-0.2, -0.15) is 0 Å². The van der Waals surface area contributed by atoms with Crippen LogP contribution in [0.2, 0.25) is 0 Å². The molecule has 9 heteroatoms. The lowest BCUT2D eigenvalue weighted by Crippen LogP contribution is -2.24. The van der Waals surface area contributed by atoms with Gasteiger partial charge in [-0.3, -0.25) is 9.36 Å². The molecule has 0 aliphatic rings. The van der Waals surface area contributed by atoms with Gasteiger partial charge >= 0.3 is 0 Å². The van der Waals surface area contributed by atoms with Crippen LogP contribution in [-0.4, -0.2) is 40.6 Å². The first-order chi connectivity index (χ1) is 17.6. The fourth-order valence-corrected chi connectivity index (χ4v) is 4.28. The normalized spacial score (nSPS) is 11.5. The maximum Gasteiger partial charge on any atom is 0.230 e. The van der Waals surface area contributed by atoms with Crippen molar-refractivity contribution >= 4 is 17.7 Å². The van der Waals surface area contributed by atoms with Crippen molar-refractivity contribution in [2.75, 3.05) is 20.0 Å². The van der Waals surface area contributed by atoms with Crippen molar-refractivity contribution < 1.29 is 19.0 Å². The van der Waals surface area contributed by atoms with Crippen molar-refractivity contribution in [3.63, 3.8) is 0 Å². The molecule has 4 rings (SSSR count). The molecule has 4 aromatic rings. The highest BCUT2D eigenvalue weighted by molar-refractivity contribution is 7.99. The molecule has 1 heterocycles. The number of nitrogens with zero attached hydrogens (tertiary/aromatic N) is 3. The summed E-state index contributed by atoms with van der Waals surface area (Å²) in [7, 11) is 3.25. The van der Waals surface area contributed by atoms with Crippen molar-refractivity contribution in [2.45, 2.75) is 24.7 Å². The summed E-state index contributed by atoms with van der Waals surface area (Å²) in [6.07, 6.45) is -0.385. The molecule has 3 aromatic carbocycles. The summed E-state index contributed by atoms with van der Waals surface area (Å²) in [5.74, 6) is 2.97. The van der Waals surface area contributed by atoms with Gasteiger partial charge in [-0.15, -0.1) is 10.2 Å². The van der Waals surface area contributed by atoms with Gasteiger partial charge in [0.15, 0.2) is 17.1 Å². The van der Waals surface area contributed by atoms with Crippen molar-refractivity contribution in [1.29, 1.82) is 0 Å². The number of ether oxygens (including phenoxy) is 3. The molecule has 0 saturated carbocycles. The summed E-state index contributed by atoms with van der Waals surface area (Å²) < 4.78 is 18.4. The number of carbonyl (C=O) groups excluding carboxylic acids is 1. The molecule has 1 amide bonds. The van der Waals surface area contributed by atoms with Crippen LogP contribution in [0.15, 0.2) is 84.0 Å². The lowest BCUT2D eigenvalue weighted by molar-refractivity contribution is -0.118. The van der Waals surface area contributed by atoms with Crippen LogP contribution in [0.4, 0.5) is 0 Å². The van der Waals surface area contributed by atoms with Crippen molar-refractivity contribution in [3.8, 4) is 22.9 Å². The Kier molecular flexibility index (Phi) is 8.46. The first-order valence-electron chi connectivity index (χ1n) is 11.4. The van der Waals surface area contributed by atoms with E-state index in [0.717, 1.165) is 22.7 Å². The molecule has 0 spiro atoms. The van der Waals surface area contributed by atoms with E-state index >= 15 is 0 Å². The molecular formula is C27H28N4O4S. The predicted octanol–water partition coefficient (Wildman–Crippen LogP) is 4.83. The molecule has 36 heavy (non-hydrogen) atoms. The second kappa shape index (κ2) is 12.1. The number of methoxy groups -OCH3 is 2. The summed E-state index contributed by atoms with van der Waals surface area (Å²) >= 11 is 1.33. The zero-order chi connectivity index (χ0) is 25.3. The van der Waals surface area contributed by atoms with Crippen LogP contribution in [-0.2, 0) is 11.3 Å². The van der Waals surface area contributed by atoms with E-state index in [1.165, 1.54) is 11.8 Å². The summed E-state index contributed by atoms with van der Waals surface area (Å²) in [5.41, 5.74) is 1.89. The standard InChI is InChI=1S/C27H28N4O4S/c1-19(35-24-15-13-23(34-3)14-16-24)26-29-30-27(31(26)21-7-5-4-6-8-21)36-18-25(32)28-17-20-9-11-22(33-2)12-10-20/h4-16,19H,17-18H2,1-3H3,(H,28,32). The number of thioether (sulfide) groups is 1. The Bertz CT molecular complexity index is 1260. The van der Waals surface area contributed by atoms with Gasteiger partial charge in [-0.25, -0.2) is 0 Å². The Balaban J connectivity index is 1.45. The molecule has 1 N–H and O–H groups in total. The third kappa shape index (κ3) is 6.37. The summed E-state index contributed by atoms with van der Waals surface area (Å²) in [5, 5.41) is 12.3. The van der Waals surface area contributed by atoms with Gasteiger partial charge in [0.2, 0.25) is 5.91 Å². The topological polar surface area (TPSA) is 87.5 Å². The number of hydrogen-bond donors (Lipinski definition) is 1. The monoisotopic (exact) mass is 504 g/mol. The molecule has 0 bridgehead atoms. The molecule has 0 aliphatic carbocycles. The molecule has 0 radical (unpaired) electrons. The van der Waals surface area contributed by atoms with E-state index in [4.69, 9.17) is 14.2 Å².